The van der Waals surface area contributed by atoms with Crippen LogP contribution in [0.25, 0.3) is 27.4 Å². The third kappa shape index (κ3) is 2.94. The first kappa shape index (κ1) is 16.6. The van der Waals surface area contributed by atoms with Crippen LogP contribution in [0.1, 0.15) is 0 Å². The second-order valence-corrected chi connectivity index (χ2v) is 7.13. The molecular weight excluding hydrogens is 366 g/mol. The van der Waals surface area contributed by atoms with Gasteiger partial charge in [0.15, 0.2) is 0 Å². The number of thiophene rings is 1. The summed E-state index contributed by atoms with van der Waals surface area (Å²) in [5, 5.41) is 13.1. The molecular formula is C21H14ClNO2S. The number of nitrogens with zero attached hydrogens (tertiary/aromatic N) is 1. The van der Waals surface area contributed by atoms with E-state index in [2.05, 4.69) is 0 Å². The summed E-state index contributed by atoms with van der Waals surface area (Å²) in [6.07, 6.45) is 0. The molecule has 0 radical (unpaired) electrons. The molecule has 0 fully saturated rings. The first-order valence-electron chi connectivity index (χ1n) is 7.99. The maximum atomic E-state index is 13.4. The second-order valence-electron chi connectivity index (χ2n) is 5.75. The normalized spacial score (nSPS) is 10.8. The summed E-state index contributed by atoms with van der Waals surface area (Å²) in [5.41, 5.74) is 2.02. The van der Waals surface area contributed by atoms with E-state index < -0.39 is 0 Å². The summed E-state index contributed by atoms with van der Waals surface area (Å²) in [5.74, 6) is -0.0326. The van der Waals surface area contributed by atoms with Gasteiger partial charge in [-0.2, -0.15) is 0 Å². The third-order valence-electron chi connectivity index (χ3n) is 4.11. The van der Waals surface area contributed by atoms with Gasteiger partial charge in [0.05, 0.1) is 16.1 Å². The average Bonchev–Trinajstić information content (AvgIpc) is 3.18. The molecule has 5 heteroatoms. The lowest BCUT2D eigenvalue weighted by molar-refractivity contribution is 0.475. The minimum Gasteiger partial charge on any atom is -0.507 e. The van der Waals surface area contributed by atoms with Crippen molar-refractivity contribution in [3.63, 3.8) is 0 Å². The smallest absolute Gasteiger partial charge is 0.267 e. The molecule has 0 spiro atoms. The molecule has 0 aliphatic carbocycles. The molecule has 0 aliphatic rings. The fourth-order valence-corrected chi connectivity index (χ4v) is 3.78. The van der Waals surface area contributed by atoms with Crippen molar-refractivity contribution < 1.29 is 5.11 Å². The number of hydrogen-bond acceptors (Lipinski definition) is 3. The van der Waals surface area contributed by atoms with Gasteiger partial charge in [-0.15, -0.1) is 11.3 Å². The highest BCUT2D eigenvalue weighted by Crippen LogP contribution is 2.33. The molecule has 0 bridgehead atoms. The molecule has 4 aromatic rings. The number of benzene rings is 2. The summed E-state index contributed by atoms with van der Waals surface area (Å²) >= 11 is 7.52. The molecule has 2 aromatic heterocycles. The van der Waals surface area contributed by atoms with Crippen molar-refractivity contribution in [3.8, 4) is 33.1 Å². The van der Waals surface area contributed by atoms with Crippen molar-refractivity contribution in [1.82, 2.24) is 4.57 Å². The summed E-state index contributed by atoms with van der Waals surface area (Å²) in [7, 11) is 0. The summed E-state index contributed by atoms with van der Waals surface area (Å²) in [6.45, 7) is 0. The number of halogens is 1. The van der Waals surface area contributed by atoms with Gasteiger partial charge in [0, 0.05) is 16.8 Å². The van der Waals surface area contributed by atoms with E-state index in [0.717, 1.165) is 4.88 Å². The zero-order valence-corrected chi connectivity index (χ0v) is 15.2. The summed E-state index contributed by atoms with van der Waals surface area (Å²) in [4.78, 5) is 14.3. The monoisotopic (exact) mass is 379 g/mol. The molecule has 26 heavy (non-hydrogen) atoms. The van der Waals surface area contributed by atoms with Gasteiger partial charge in [-0.05, 0) is 41.3 Å². The molecule has 1 N–H and O–H groups in total. The Morgan fingerprint density at radius 1 is 0.923 bits per heavy atom. The molecule has 0 amide bonds. The number of pyridine rings is 1. The van der Waals surface area contributed by atoms with Gasteiger partial charge in [-0.1, -0.05) is 48.0 Å². The van der Waals surface area contributed by atoms with Gasteiger partial charge >= 0.3 is 0 Å². The van der Waals surface area contributed by atoms with Crippen LogP contribution in [0.4, 0.5) is 0 Å². The molecule has 2 heterocycles. The predicted octanol–water partition coefficient (Wildman–Crippen LogP) is 5.59. The Hall–Kier alpha value is -2.82. The maximum absolute atomic E-state index is 13.4. The highest BCUT2D eigenvalue weighted by molar-refractivity contribution is 7.13. The van der Waals surface area contributed by atoms with Crippen molar-refractivity contribution in [1.29, 1.82) is 0 Å². The van der Waals surface area contributed by atoms with Crippen LogP contribution in [-0.4, -0.2) is 9.67 Å². The van der Waals surface area contributed by atoms with Crippen molar-refractivity contribution in [2.45, 2.75) is 0 Å². The van der Waals surface area contributed by atoms with E-state index in [4.69, 9.17) is 11.6 Å². The Morgan fingerprint density at radius 3 is 2.31 bits per heavy atom. The van der Waals surface area contributed by atoms with E-state index in [1.54, 1.807) is 34.9 Å². The highest BCUT2D eigenvalue weighted by atomic mass is 35.5. The van der Waals surface area contributed by atoms with Crippen molar-refractivity contribution in [2.75, 3.05) is 0 Å². The van der Waals surface area contributed by atoms with Crippen LogP contribution < -0.4 is 5.56 Å². The Labute approximate surface area is 159 Å². The fourth-order valence-electron chi connectivity index (χ4n) is 2.93. The maximum Gasteiger partial charge on any atom is 0.267 e. The summed E-state index contributed by atoms with van der Waals surface area (Å²) in [6, 6.07) is 21.8. The van der Waals surface area contributed by atoms with E-state index >= 15 is 0 Å². The van der Waals surface area contributed by atoms with Gasteiger partial charge in [0.2, 0.25) is 0 Å². The molecule has 0 saturated heterocycles. The molecule has 0 unspecified atom stereocenters. The Bertz CT molecular complexity index is 1100. The van der Waals surface area contributed by atoms with E-state index in [-0.39, 0.29) is 16.9 Å². The van der Waals surface area contributed by atoms with E-state index in [1.165, 1.54) is 11.3 Å². The van der Waals surface area contributed by atoms with Crippen LogP contribution in [0.15, 0.2) is 83.0 Å². The third-order valence-corrected chi connectivity index (χ3v) is 5.25. The lowest BCUT2D eigenvalue weighted by Crippen LogP contribution is -2.21. The lowest BCUT2D eigenvalue weighted by Gasteiger charge is -2.16. The number of hydrogen-bond donors (Lipinski definition) is 1. The van der Waals surface area contributed by atoms with Crippen LogP contribution in [0, 0.1) is 0 Å². The standard InChI is InChI=1S/C21H14ClNO2S/c22-15-8-10-16(11-9-15)23-17(19-7-4-12-26-19)13-18(24)20(21(23)25)14-5-2-1-3-6-14/h1-13,24H. The van der Waals surface area contributed by atoms with E-state index in [9.17, 15) is 9.90 Å². The number of rotatable bonds is 3. The van der Waals surface area contributed by atoms with Crippen LogP contribution in [0.2, 0.25) is 5.02 Å². The molecule has 128 valence electrons. The van der Waals surface area contributed by atoms with Gasteiger partial charge < -0.3 is 5.11 Å². The second kappa shape index (κ2) is 6.83. The minimum atomic E-state index is -0.276. The van der Waals surface area contributed by atoms with Crippen molar-refractivity contribution in [3.05, 3.63) is 93.6 Å². The summed E-state index contributed by atoms with van der Waals surface area (Å²) < 4.78 is 1.62. The first-order valence-corrected chi connectivity index (χ1v) is 9.25. The molecule has 0 aliphatic heterocycles. The van der Waals surface area contributed by atoms with Gasteiger partial charge in [0.1, 0.15) is 5.75 Å². The van der Waals surface area contributed by atoms with Crippen molar-refractivity contribution >= 4 is 22.9 Å². The molecule has 4 rings (SSSR count). The Balaban J connectivity index is 2.06. The molecule has 2 aromatic carbocycles. The number of aromatic nitrogens is 1. The van der Waals surface area contributed by atoms with Crippen LogP contribution >= 0.6 is 22.9 Å². The largest absolute Gasteiger partial charge is 0.507 e. The topological polar surface area (TPSA) is 42.2 Å². The van der Waals surface area contributed by atoms with Crippen LogP contribution in [0.3, 0.4) is 0 Å². The van der Waals surface area contributed by atoms with Crippen LogP contribution in [-0.2, 0) is 0 Å². The predicted molar refractivity (Wildman–Crippen MR) is 107 cm³/mol. The van der Waals surface area contributed by atoms with Gasteiger partial charge in [-0.3, -0.25) is 9.36 Å². The Kier molecular flexibility index (Phi) is 4.37. The first-order chi connectivity index (χ1) is 12.6. The molecule has 0 atom stereocenters. The molecule has 3 nitrogen and oxygen atoms in total. The van der Waals surface area contributed by atoms with E-state index in [0.29, 0.717) is 22.0 Å². The molecule has 0 saturated carbocycles. The van der Waals surface area contributed by atoms with Gasteiger partial charge in [0.25, 0.3) is 5.56 Å². The lowest BCUT2D eigenvalue weighted by atomic mass is 10.0. The zero-order valence-electron chi connectivity index (χ0n) is 13.6. The SMILES string of the molecule is O=c1c(-c2ccccc2)c(O)cc(-c2cccs2)n1-c1ccc(Cl)cc1. The minimum absolute atomic E-state index is 0.0326. The fraction of sp³-hybridized carbons (Fsp3) is 0. The average molecular weight is 380 g/mol. The quantitative estimate of drug-likeness (QED) is 0.504. The Morgan fingerprint density at radius 2 is 1.65 bits per heavy atom. The van der Waals surface area contributed by atoms with Crippen LogP contribution in [0.5, 0.6) is 5.75 Å². The zero-order chi connectivity index (χ0) is 18.1. The van der Waals surface area contributed by atoms with Gasteiger partial charge in [-0.25, -0.2) is 0 Å². The highest BCUT2D eigenvalue weighted by Gasteiger charge is 2.18. The number of aromatic hydroxyl groups is 1. The van der Waals surface area contributed by atoms with E-state index in [1.807, 2.05) is 47.8 Å². The van der Waals surface area contributed by atoms with Crippen molar-refractivity contribution in [2.24, 2.45) is 0 Å².